The number of nitrogens with zero attached hydrogens (tertiary/aromatic N) is 3. The van der Waals surface area contributed by atoms with Gasteiger partial charge >= 0.3 is 0 Å². The SMILES string of the molecule is Cc1ccc(C2CC(c3ccc(C(C)C)cc3)n3ncnc3N2)cc1. The van der Waals surface area contributed by atoms with E-state index in [2.05, 4.69) is 84.7 Å². The number of fused-ring (bicyclic) bond motifs is 1. The molecule has 0 amide bonds. The van der Waals surface area contributed by atoms with E-state index in [-0.39, 0.29) is 12.1 Å². The fourth-order valence-corrected chi connectivity index (χ4v) is 3.52. The van der Waals surface area contributed by atoms with Crippen LogP contribution in [0.2, 0.25) is 0 Å². The third-order valence-corrected chi connectivity index (χ3v) is 5.10. The van der Waals surface area contributed by atoms with E-state index in [9.17, 15) is 0 Å². The zero-order valence-corrected chi connectivity index (χ0v) is 15.0. The van der Waals surface area contributed by atoms with Crippen LogP contribution in [0, 0.1) is 6.92 Å². The lowest BCUT2D eigenvalue weighted by Gasteiger charge is -2.32. The van der Waals surface area contributed by atoms with Crippen molar-refractivity contribution >= 4 is 5.95 Å². The first kappa shape index (κ1) is 15.9. The first-order valence-electron chi connectivity index (χ1n) is 8.94. The topological polar surface area (TPSA) is 42.7 Å². The Balaban J connectivity index is 1.68. The highest BCUT2D eigenvalue weighted by Gasteiger charge is 2.29. The third kappa shape index (κ3) is 3.04. The maximum Gasteiger partial charge on any atom is 0.222 e. The van der Waals surface area contributed by atoms with Crippen molar-refractivity contribution in [3.05, 3.63) is 77.1 Å². The Labute approximate surface area is 148 Å². The van der Waals surface area contributed by atoms with Gasteiger partial charge in [0.25, 0.3) is 0 Å². The van der Waals surface area contributed by atoms with Crippen molar-refractivity contribution in [1.82, 2.24) is 14.8 Å². The molecule has 2 heterocycles. The monoisotopic (exact) mass is 332 g/mol. The Morgan fingerprint density at radius 1 is 1.00 bits per heavy atom. The quantitative estimate of drug-likeness (QED) is 0.745. The van der Waals surface area contributed by atoms with Crippen LogP contribution in [0.5, 0.6) is 0 Å². The fraction of sp³-hybridized carbons (Fsp3) is 0.333. The average Bonchev–Trinajstić information content (AvgIpc) is 3.10. The number of anilines is 1. The van der Waals surface area contributed by atoms with Crippen LogP contribution in [-0.4, -0.2) is 14.8 Å². The molecular formula is C21H24N4. The molecule has 2 atom stereocenters. The maximum atomic E-state index is 4.46. The van der Waals surface area contributed by atoms with Crippen molar-refractivity contribution in [1.29, 1.82) is 0 Å². The van der Waals surface area contributed by atoms with Gasteiger partial charge in [0.2, 0.25) is 5.95 Å². The van der Waals surface area contributed by atoms with Crippen LogP contribution in [0.1, 0.15) is 60.5 Å². The van der Waals surface area contributed by atoms with E-state index in [1.54, 1.807) is 6.33 Å². The highest BCUT2D eigenvalue weighted by molar-refractivity contribution is 5.39. The van der Waals surface area contributed by atoms with Gasteiger partial charge in [0.05, 0.1) is 12.1 Å². The Morgan fingerprint density at radius 2 is 1.68 bits per heavy atom. The predicted molar refractivity (Wildman–Crippen MR) is 101 cm³/mol. The van der Waals surface area contributed by atoms with Crippen LogP contribution in [0.25, 0.3) is 0 Å². The molecule has 0 bridgehead atoms. The van der Waals surface area contributed by atoms with Gasteiger partial charge in [0.1, 0.15) is 6.33 Å². The smallest absolute Gasteiger partial charge is 0.222 e. The van der Waals surface area contributed by atoms with Gasteiger partial charge in [0.15, 0.2) is 0 Å². The number of hydrogen-bond donors (Lipinski definition) is 1. The minimum atomic E-state index is 0.200. The summed E-state index contributed by atoms with van der Waals surface area (Å²) < 4.78 is 2.01. The summed E-state index contributed by atoms with van der Waals surface area (Å²) in [7, 11) is 0. The van der Waals surface area contributed by atoms with Crippen molar-refractivity contribution in [2.24, 2.45) is 0 Å². The van der Waals surface area contributed by atoms with E-state index < -0.39 is 0 Å². The maximum absolute atomic E-state index is 4.46. The van der Waals surface area contributed by atoms with E-state index in [0.717, 1.165) is 12.4 Å². The van der Waals surface area contributed by atoms with Crippen LogP contribution in [0.3, 0.4) is 0 Å². The molecule has 128 valence electrons. The summed E-state index contributed by atoms with van der Waals surface area (Å²) in [5.41, 5.74) is 5.23. The molecule has 0 radical (unpaired) electrons. The second-order valence-electron chi connectivity index (χ2n) is 7.21. The van der Waals surface area contributed by atoms with Crippen LogP contribution < -0.4 is 5.32 Å². The Morgan fingerprint density at radius 3 is 2.36 bits per heavy atom. The molecule has 1 aromatic heterocycles. The number of benzene rings is 2. The van der Waals surface area contributed by atoms with E-state index in [4.69, 9.17) is 0 Å². The molecule has 4 nitrogen and oxygen atoms in total. The summed E-state index contributed by atoms with van der Waals surface area (Å²) in [6.07, 6.45) is 2.59. The minimum Gasteiger partial charge on any atom is -0.348 e. The highest BCUT2D eigenvalue weighted by Crippen LogP contribution is 2.37. The van der Waals surface area contributed by atoms with Gasteiger partial charge in [-0.05, 0) is 36.0 Å². The second-order valence-corrected chi connectivity index (χ2v) is 7.21. The number of aryl methyl sites for hydroxylation is 1. The third-order valence-electron chi connectivity index (χ3n) is 5.10. The molecule has 0 spiro atoms. The molecule has 2 aromatic carbocycles. The standard InChI is InChI=1S/C21H24N4/c1-14(2)16-8-10-18(11-9-16)20-12-19(17-6-4-15(3)5-7-17)24-21-22-13-23-25(20)21/h4-11,13-14,19-20H,12H2,1-3H3,(H,22,23,24). The molecule has 1 aliphatic heterocycles. The summed E-state index contributed by atoms with van der Waals surface area (Å²) in [5, 5.41) is 7.99. The lowest BCUT2D eigenvalue weighted by molar-refractivity contribution is 0.430. The molecule has 0 aliphatic carbocycles. The summed E-state index contributed by atoms with van der Waals surface area (Å²) >= 11 is 0. The van der Waals surface area contributed by atoms with Gasteiger partial charge < -0.3 is 5.32 Å². The van der Waals surface area contributed by atoms with E-state index in [0.29, 0.717) is 5.92 Å². The lowest BCUT2D eigenvalue weighted by Crippen LogP contribution is -2.28. The largest absolute Gasteiger partial charge is 0.348 e. The van der Waals surface area contributed by atoms with Crippen LogP contribution >= 0.6 is 0 Å². The fourth-order valence-electron chi connectivity index (χ4n) is 3.52. The predicted octanol–water partition coefficient (Wildman–Crippen LogP) is 4.86. The summed E-state index contributed by atoms with van der Waals surface area (Å²) in [4.78, 5) is 4.41. The first-order chi connectivity index (χ1) is 12.1. The van der Waals surface area contributed by atoms with Crippen molar-refractivity contribution in [2.75, 3.05) is 5.32 Å². The van der Waals surface area contributed by atoms with E-state index in [1.807, 2.05) is 4.68 Å². The number of hydrogen-bond acceptors (Lipinski definition) is 3. The first-order valence-corrected chi connectivity index (χ1v) is 8.94. The molecule has 4 rings (SSSR count). The molecule has 0 fully saturated rings. The highest BCUT2D eigenvalue weighted by atomic mass is 15.4. The normalized spacial score (nSPS) is 19.5. The molecule has 2 unspecified atom stereocenters. The molecule has 1 N–H and O–H groups in total. The minimum absolute atomic E-state index is 0.200. The van der Waals surface area contributed by atoms with Crippen molar-refractivity contribution in [3.8, 4) is 0 Å². The van der Waals surface area contributed by atoms with E-state index in [1.165, 1.54) is 22.3 Å². The molecule has 4 heteroatoms. The summed E-state index contributed by atoms with van der Waals surface area (Å²) in [6.45, 7) is 6.57. The van der Waals surface area contributed by atoms with Crippen LogP contribution in [0.4, 0.5) is 5.95 Å². The number of rotatable bonds is 3. The Kier molecular flexibility index (Phi) is 4.04. The van der Waals surface area contributed by atoms with Gasteiger partial charge in [0, 0.05) is 0 Å². The molecule has 0 saturated heterocycles. The van der Waals surface area contributed by atoms with Gasteiger partial charge in [-0.25, -0.2) is 4.68 Å². The van der Waals surface area contributed by atoms with Gasteiger partial charge in [-0.3, -0.25) is 0 Å². The molecular weight excluding hydrogens is 308 g/mol. The van der Waals surface area contributed by atoms with Crippen molar-refractivity contribution < 1.29 is 0 Å². The Hall–Kier alpha value is -2.62. The van der Waals surface area contributed by atoms with Gasteiger partial charge in [-0.1, -0.05) is 67.9 Å². The van der Waals surface area contributed by atoms with Crippen LogP contribution in [-0.2, 0) is 0 Å². The Bertz CT molecular complexity index is 846. The molecule has 0 saturated carbocycles. The van der Waals surface area contributed by atoms with Crippen molar-refractivity contribution in [3.63, 3.8) is 0 Å². The van der Waals surface area contributed by atoms with Gasteiger partial charge in [-0.2, -0.15) is 10.1 Å². The molecule has 3 aromatic rings. The summed E-state index contributed by atoms with van der Waals surface area (Å²) in [5.74, 6) is 1.39. The van der Waals surface area contributed by atoms with Crippen molar-refractivity contribution in [2.45, 2.75) is 45.2 Å². The number of aromatic nitrogens is 3. The summed E-state index contributed by atoms with van der Waals surface area (Å²) in [6, 6.07) is 18.1. The zero-order chi connectivity index (χ0) is 17.4. The van der Waals surface area contributed by atoms with E-state index >= 15 is 0 Å². The molecule has 1 aliphatic rings. The lowest BCUT2D eigenvalue weighted by atomic mass is 9.91. The molecule has 25 heavy (non-hydrogen) atoms. The zero-order valence-electron chi connectivity index (χ0n) is 15.0. The van der Waals surface area contributed by atoms with Crippen LogP contribution in [0.15, 0.2) is 54.9 Å². The van der Waals surface area contributed by atoms with Gasteiger partial charge in [-0.15, -0.1) is 0 Å². The average molecular weight is 332 g/mol. The number of nitrogens with one attached hydrogen (secondary N) is 1. The second kappa shape index (κ2) is 6.36.